The Bertz CT molecular complexity index is 2110. The Morgan fingerprint density at radius 1 is 0.603 bits per heavy atom. The molecule has 6 rings (SSSR count). The van der Waals surface area contributed by atoms with Crippen LogP contribution in [0.25, 0.3) is 28.6 Å². The molecule has 1 aliphatic rings. The van der Waals surface area contributed by atoms with Crippen molar-refractivity contribution in [2.24, 2.45) is 5.10 Å². The fourth-order valence-corrected chi connectivity index (χ4v) is 8.64. The summed E-state index contributed by atoms with van der Waals surface area (Å²) in [5, 5.41) is 7.49. The van der Waals surface area contributed by atoms with Crippen LogP contribution in [-0.2, 0) is 16.2 Å². The fourth-order valence-electron chi connectivity index (χ4n) is 8.64. The maximum Gasteiger partial charge on any atom is 0.227 e. The molecular formula is C54H71N3O. The van der Waals surface area contributed by atoms with Crippen molar-refractivity contribution in [3.05, 3.63) is 125 Å². The molecule has 0 radical (unpaired) electrons. The molecule has 1 aromatic heterocycles. The lowest BCUT2D eigenvalue weighted by atomic mass is 9.79. The van der Waals surface area contributed by atoms with Crippen molar-refractivity contribution in [2.75, 3.05) is 5.01 Å². The van der Waals surface area contributed by atoms with Crippen LogP contribution in [-0.4, -0.2) is 10.7 Å². The van der Waals surface area contributed by atoms with E-state index in [1.807, 2.05) is 0 Å². The third-order valence-corrected chi connectivity index (χ3v) is 12.9. The molecular weight excluding hydrogens is 707 g/mol. The number of nitrogens with zero attached hydrogens (tertiary/aromatic N) is 3. The first-order chi connectivity index (χ1) is 27.8. The van der Waals surface area contributed by atoms with Gasteiger partial charge in [0.1, 0.15) is 5.52 Å². The number of fused-ring (bicyclic) bond motifs is 1. The predicted octanol–water partition coefficient (Wildman–Crippen LogP) is 16.1. The van der Waals surface area contributed by atoms with Crippen LogP contribution in [0.2, 0.25) is 0 Å². The first kappa shape index (κ1) is 43.1. The van der Waals surface area contributed by atoms with Crippen LogP contribution in [0.1, 0.15) is 180 Å². The van der Waals surface area contributed by atoms with Crippen LogP contribution in [0.15, 0.2) is 107 Å². The van der Waals surface area contributed by atoms with Gasteiger partial charge in [-0.2, -0.15) is 5.10 Å². The second-order valence-corrected chi connectivity index (χ2v) is 19.0. The Morgan fingerprint density at radius 3 is 1.67 bits per heavy atom. The summed E-state index contributed by atoms with van der Waals surface area (Å²) in [6.45, 7) is 21.0. The zero-order valence-electron chi connectivity index (χ0n) is 37.3. The molecule has 5 aromatic rings. The van der Waals surface area contributed by atoms with Crippen molar-refractivity contribution in [3.63, 3.8) is 0 Å². The van der Waals surface area contributed by atoms with E-state index >= 15 is 0 Å². The fraction of sp³-hybridized carbons (Fsp3) is 0.481. The molecule has 0 saturated heterocycles. The number of aromatic nitrogens is 1. The van der Waals surface area contributed by atoms with E-state index < -0.39 is 0 Å². The average molecular weight is 778 g/mol. The lowest BCUT2D eigenvalue weighted by Crippen LogP contribution is -2.20. The summed E-state index contributed by atoms with van der Waals surface area (Å²) in [6.07, 6.45) is 20.3. The van der Waals surface area contributed by atoms with Crippen molar-refractivity contribution in [1.82, 2.24) is 4.98 Å². The van der Waals surface area contributed by atoms with Crippen molar-refractivity contribution in [3.8, 4) is 11.5 Å². The highest BCUT2D eigenvalue weighted by atomic mass is 16.3. The van der Waals surface area contributed by atoms with Crippen LogP contribution >= 0.6 is 0 Å². The third-order valence-electron chi connectivity index (χ3n) is 12.9. The smallest absolute Gasteiger partial charge is 0.227 e. The van der Waals surface area contributed by atoms with Gasteiger partial charge in [0.05, 0.1) is 17.4 Å². The Labute approximate surface area is 351 Å². The predicted molar refractivity (Wildman–Crippen MR) is 250 cm³/mol. The van der Waals surface area contributed by atoms with Gasteiger partial charge in [0.25, 0.3) is 0 Å². The van der Waals surface area contributed by atoms with Gasteiger partial charge in [-0.15, -0.1) is 0 Å². The maximum atomic E-state index is 6.32. The highest BCUT2D eigenvalue weighted by Gasteiger charge is 2.30. The monoisotopic (exact) mass is 778 g/mol. The van der Waals surface area contributed by atoms with Crippen LogP contribution in [0, 0.1) is 0 Å². The van der Waals surface area contributed by atoms with E-state index in [1.54, 1.807) is 0 Å². The first-order valence-corrected chi connectivity index (χ1v) is 22.6. The number of hydrazone groups is 1. The van der Waals surface area contributed by atoms with Gasteiger partial charge < -0.3 is 4.42 Å². The van der Waals surface area contributed by atoms with Crippen LogP contribution < -0.4 is 5.01 Å². The van der Waals surface area contributed by atoms with E-state index in [0.717, 1.165) is 34.5 Å². The van der Waals surface area contributed by atoms with Gasteiger partial charge in [0.15, 0.2) is 5.58 Å². The molecule has 0 bridgehead atoms. The molecule has 0 N–H and O–H groups in total. The molecule has 0 amide bonds. The van der Waals surface area contributed by atoms with E-state index in [1.165, 1.54) is 105 Å². The maximum absolute atomic E-state index is 6.32. The summed E-state index contributed by atoms with van der Waals surface area (Å²) in [7, 11) is 0. The van der Waals surface area contributed by atoms with E-state index in [4.69, 9.17) is 14.5 Å². The van der Waals surface area contributed by atoms with Crippen LogP contribution in [0.4, 0.5) is 5.69 Å². The van der Waals surface area contributed by atoms with Gasteiger partial charge in [-0.25, -0.2) is 4.98 Å². The lowest BCUT2D eigenvalue weighted by molar-refractivity contribution is 0.450. The normalized spacial score (nSPS) is 15.2. The van der Waals surface area contributed by atoms with Crippen molar-refractivity contribution >= 4 is 28.6 Å². The molecule has 0 spiro atoms. The van der Waals surface area contributed by atoms with Gasteiger partial charge in [-0.3, -0.25) is 5.01 Å². The number of oxazole rings is 1. The zero-order valence-corrected chi connectivity index (χ0v) is 37.3. The summed E-state index contributed by atoms with van der Waals surface area (Å²) < 4.78 is 6.32. The Kier molecular flexibility index (Phi) is 14.2. The van der Waals surface area contributed by atoms with Gasteiger partial charge in [-0.1, -0.05) is 181 Å². The summed E-state index contributed by atoms with van der Waals surface area (Å²) in [5.74, 6) is 0.653. The first-order valence-electron chi connectivity index (χ1n) is 22.6. The van der Waals surface area contributed by atoms with Gasteiger partial charge >= 0.3 is 0 Å². The number of allylic oxidation sites excluding steroid dienone is 1. The molecule has 4 heteroatoms. The minimum atomic E-state index is 0.0949. The quantitative estimate of drug-likeness (QED) is 0.0739. The number of hydrogen-bond donors (Lipinski definition) is 0. The molecule has 2 heterocycles. The van der Waals surface area contributed by atoms with E-state index in [9.17, 15) is 0 Å². The lowest BCUT2D eigenvalue weighted by Gasteiger charge is -2.27. The third kappa shape index (κ3) is 10.6. The van der Waals surface area contributed by atoms with Gasteiger partial charge in [0.2, 0.25) is 5.89 Å². The van der Waals surface area contributed by atoms with Crippen LogP contribution in [0.3, 0.4) is 0 Å². The second kappa shape index (κ2) is 19.1. The summed E-state index contributed by atoms with van der Waals surface area (Å²) >= 11 is 0. The molecule has 308 valence electrons. The molecule has 4 nitrogen and oxygen atoms in total. The summed E-state index contributed by atoms with van der Waals surface area (Å²) in [6, 6.07) is 33.8. The topological polar surface area (TPSA) is 41.6 Å². The Hall–Kier alpha value is -4.44. The molecule has 4 aromatic carbocycles. The number of anilines is 1. The largest absolute Gasteiger partial charge is 0.436 e. The van der Waals surface area contributed by atoms with Gasteiger partial charge in [-0.05, 0) is 106 Å². The average Bonchev–Trinajstić information content (AvgIpc) is 3.85. The van der Waals surface area contributed by atoms with E-state index in [2.05, 4.69) is 170 Å². The highest BCUT2D eigenvalue weighted by molar-refractivity contribution is 6.01. The van der Waals surface area contributed by atoms with Crippen molar-refractivity contribution in [1.29, 1.82) is 0 Å². The zero-order chi connectivity index (χ0) is 41.3. The standard InChI is InChI=1S/C54H71N3O/c1-10-13-16-35-52(4,5)43-26-19-40(20-27-43)21-31-46-39-49(41-22-28-44(29-23-41)53(6,7)36-17-14-11-2)57(56-46)47-32-24-42(25-33-47)51-55-48-38-45(30-34-50(48)58-51)54(8,9)37-18-15-12-3/h19-34,38,49H,10-18,35-37,39H2,1-9H3. The highest BCUT2D eigenvalue weighted by Crippen LogP contribution is 2.39. The number of hydrogen-bond acceptors (Lipinski definition) is 4. The molecule has 58 heavy (non-hydrogen) atoms. The number of benzene rings is 4. The molecule has 0 saturated carbocycles. The SMILES string of the molecule is CCCCCC(C)(C)c1ccc(C=CC2=NN(c3ccc(-c4nc5cc(C(C)(C)CCCCC)ccc5o4)cc3)C(c3ccc(C(C)(C)CCCCC)cc3)C2)cc1. The van der Waals surface area contributed by atoms with E-state index in [-0.39, 0.29) is 22.3 Å². The Balaban J connectivity index is 1.24. The molecule has 0 fully saturated rings. The number of rotatable bonds is 20. The molecule has 1 atom stereocenters. The van der Waals surface area contributed by atoms with Crippen molar-refractivity contribution in [2.45, 2.75) is 168 Å². The second-order valence-electron chi connectivity index (χ2n) is 19.0. The van der Waals surface area contributed by atoms with Gasteiger partial charge in [0, 0.05) is 12.0 Å². The molecule has 0 aliphatic carbocycles. The minimum absolute atomic E-state index is 0.0949. The minimum Gasteiger partial charge on any atom is -0.436 e. The van der Waals surface area contributed by atoms with Crippen molar-refractivity contribution < 1.29 is 4.42 Å². The summed E-state index contributed by atoms with van der Waals surface area (Å²) in [4.78, 5) is 4.98. The van der Waals surface area contributed by atoms with Crippen LogP contribution in [0.5, 0.6) is 0 Å². The number of unbranched alkanes of at least 4 members (excludes halogenated alkanes) is 6. The Morgan fingerprint density at radius 2 is 1.12 bits per heavy atom. The van der Waals surface area contributed by atoms with E-state index in [0.29, 0.717) is 5.89 Å². The molecule has 1 aliphatic heterocycles. The molecule has 1 unspecified atom stereocenters. The summed E-state index contributed by atoms with van der Waals surface area (Å²) in [5.41, 5.74) is 11.9.